The molecule has 1 saturated carbocycles. The zero-order chi connectivity index (χ0) is 13.8. The number of hydrogen-bond acceptors (Lipinski definition) is 1. The van der Waals surface area contributed by atoms with E-state index in [0.717, 1.165) is 24.9 Å². The van der Waals surface area contributed by atoms with Crippen molar-refractivity contribution in [3.8, 4) is 0 Å². The molecule has 2 nitrogen and oxygen atoms in total. The molecule has 0 atom stereocenters. The molecule has 2 heteroatoms. The second kappa shape index (κ2) is 6.40. The van der Waals surface area contributed by atoms with Crippen molar-refractivity contribution in [2.45, 2.75) is 53.4 Å². The zero-order valence-electron chi connectivity index (χ0n) is 12.5. The molecule has 104 valence electrons. The molecule has 1 spiro atoms. The van der Waals surface area contributed by atoms with Crippen LogP contribution in [0, 0.1) is 17.3 Å². The Labute approximate surface area is 112 Å². The molecule has 0 aromatic carbocycles. The molecule has 1 saturated heterocycles. The van der Waals surface area contributed by atoms with Gasteiger partial charge in [-0.25, -0.2) is 0 Å². The minimum atomic E-state index is 0.106. The van der Waals surface area contributed by atoms with Crippen molar-refractivity contribution in [2.75, 3.05) is 13.1 Å². The van der Waals surface area contributed by atoms with E-state index >= 15 is 0 Å². The Hall–Kier alpha value is -0.790. The third-order valence-corrected chi connectivity index (χ3v) is 4.64. The van der Waals surface area contributed by atoms with Gasteiger partial charge in [0.15, 0.2) is 0 Å². The average Bonchev–Trinajstić information content (AvgIpc) is 2.37. The third-order valence-electron chi connectivity index (χ3n) is 4.64. The van der Waals surface area contributed by atoms with Crippen LogP contribution >= 0.6 is 0 Å². The normalized spacial score (nSPS) is 22.2. The molecule has 2 fully saturated rings. The van der Waals surface area contributed by atoms with Crippen LogP contribution in [-0.2, 0) is 4.79 Å². The summed E-state index contributed by atoms with van der Waals surface area (Å²) in [7, 11) is 0. The minimum absolute atomic E-state index is 0.106. The lowest BCUT2D eigenvalue weighted by Gasteiger charge is -2.53. The van der Waals surface area contributed by atoms with Gasteiger partial charge in [0.2, 0.25) is 5.91 Å². The fourth-order valence-corrected chi connectivity index (χ4v) is 3.26. The summed E-state index contributed by atoms with van der Waals surface area (Å²) in [5.41, 5.74) is 0.590. The van der Waals surface area contributed by atoms with Crippen LogP contribution in [0.1, 0.15) is 53.4 Å². The Bertz CT molecular complexity index is 279. The topological polar surface area (TPSA) is 20.3 Å². The third kappa shape index (κ3) is 3.15. The summed E-state index contributed by atoms with van der Waals surface area (Å²) in [6.45, 7) is 14.1. The average molecular weight is 251 g/mol. The van der Waals surface area contributed by atoms with Gasteiger partial charge < -0.3 is 4.90 Å². The molecule has 1 heterocycles. The SMILES string of the molecule is C=CC(=O)N1CCC2(CC1)CC(C(C)C)C2.CC. The monoisotopic (exact) mass is 251 g/mol. The number of amides is 1. The van der Waals surface area contributed by atoms with Crippen LogP contribution in [0.3, 0.4) is 0 Å². The summed E-state index contributed by atoms with van der Waals surface area (Å²) >= 11 is 0. The first-order chi connectivity index (χ1) is 8.56. The number of hydrogen-bond donors (Lipinski definition) is 0. The number of carbonyl (C=O) groups is 1. The summed E-state index contributed by atoms with van der Waals surface area (Å²) in [6.07, 6.45) is 6.63. The molecule has 1 amide bonds. The molecule has 0 aromatic heterocycles. The van der Waals surface area contributed by atoms with Crippen molar-refractivity contribution < 1.29 is 4.79 Å². The lowest BCUT2D eigenvalue weighted by atomic mass is 9.55. The highest BCUT2D eigenvalue weighted by atomic mass is 16.2. The van der Waals surface area contributed by atoms with Crippen LogP contribution in [0.2, 0.25) is 0 Å². The minimum Gasteiger partial charge on any atom is -0.339 e. The van der Waals surface area contributed by atoms with Gasteiger partial charge in [0.1, 0.15) is 0 Å². The van der Waals surface area contributed by atoms with E-state index in [4.69, 9.17) is 0 Å². The van der Waals surface area contributed by atoms with Gasteiger partial charge in [0.05, 0.1) is 0 Å². The Balaban J connectivity index is 0.000000771. The van der Waals surface area contributed by atoms with Gasteiger partial charge in [0.25, 0.3) is 0 Å². The van der Waals surface area contributed by atoms with Gasteiger partial charge in [-0.05, 0) is 49.0 Å². The molecule has 0 aromatic rings. The first kappa shape index (κ1) is 15.3. The predicted molar refractivity (Wildman–Crippen MR) is 77.4 cm³/mol. The van der Waals surface area contributed by atoms with Crippen molar-refractivity contribution >= 4 is 5.91 Å². The summed E-state index contributed by atoms with van der Waals surface area (Å²) in [6, 6.07) is 0. The maximum absolute atomic E-state index is 11.5. The van der Waals surface area contributed by atoms with E-state index in [-0.39, 0.29) is 5.91 Å². The largest absolute Gasteiger partial charge is 0.339 e. The number of likely N-dealkylation sites (tertiary alicyclic amines) is 1. The quantitative estimate of drug-likeness (QED) is 0.682. The summed E-state index contributed by atoms with van der Waals surface area (Å²) in [4.78, 5) is 13.4. The van der Waals surface area contributed by atoms with Gasteiger partial charge >= 0.3 is 0 Å². The van der Waals surface area contributed by atoms with Crippen LogP contribution in [0.15, 0.2) is 12.7 Å². The van der Waals surface area contributed by atoms with Gasteiger partial charge in [-0.2, -0.15) is 0 Å². The molecule has 0 radical (unpaired) electrons. The molecular formula is C16H29NO. The van der Waals surface area contributed by atoms with Gasteiger partial charge in [-0.3, -0.25) is 4.79 Å². The first-order valence-corrected chi connectivity index (χ1v) is 7.48. The molecule has 18 heavy (non-hydrogen) atoms. The Kier molecular flexibility index (Phi) is 5.43. The van der Waals surface area contributed by atoms with E-state index in [9.17, 15) is 4.79 Å². The molecule has 1 aliphatic carbocycles. The smallest absolute Gasteiger partial charge is 0.245 e. The predicted octanol–water partition coefficient (Wildman–Crippen LogP) is 3.87. The second-order valence-corrected chi connectivity index (χ2v) is 5.94. The number of rotatable bonds is 2. The van der Waals surface area contributed by atoms with Crippen molar-refractivity contribution in [1.29, 1.82) is 0 Å². The second-order valence-electron chi connectivity index (χ2n) is 5.94. The molecule has 2 aliphatic rings. The number of piperidine rings is 1. The van der Waals surface area contributed by atoms with E-state index in [1.807, 2.05) is 18.7 Å². The van der Waals surface area contributed by atoms with E-state index in [0.29, 0.717) is 5.41 Å². The number of nitrogens with zero attached hydrogens (tertiary/aromatic N) is 1. The molecular weight excluding hydrogens is 222 g/mol. The van der Waals surface area contributed by atoms with E-state index in [1.165, 1.54) is 31.8 Å². The van der Waals surface area contributed by atoms with E-state index < -0.39 is 0 Å². The molecule has 0 N–H and O–H groups in total. The molecule has 0 unspecified atom stereocenters. The highest BCUT2D eigenvalue weighted by Gasteiger charge is 2.46. The zero-order valence-corrected chi connectivity index (χ0v) is 12.5. The summed E-state index contributed by atoms with van der Waals surface area (Å²) in [5, 5.41) is 0. The van der Waals surface area contributed by atoms with Gasteiger partial charge in [-0.1, -0.05) is 34.3 Å². The fourth-order valence-electron chi connectivity index (χ4n) is 3.26. The first-order valence-electron chi connectivity index (χ1n) is 7.48. The maximum Gasteiger partial charge on any atom is 0.245 e. The van der Waals surface area contributed by atoms with Crippen LogP contribution in [0.25, 0.3) is 0 Å². The van der Waals surface area contributed by atoms with Crippen LogP contribution in [0.4, 0.5) is 0 Å². The van der Waals surface area contributed by atoms with Crippen molar-refractivity contribution in [2.24, 2.45) is 17.3 Å². The van der Waals surface area contributed by atoms with Crippen LogP contribution < -0.4 is 0 Å². The lowest BCUT2D eigenvalue weighted by Crippen LogP contribution is -2.49. The van der Waals surface area contributed by atoms with Gasteiger partial charge in [0, 0.05) is 13.1 Å². The van der Waals surface area contributed by atoms with Crippen molar-refractivity contribution in [3.63, 3.8) is 0 Å². The summed E-state index contributed by atoms with van der Waals surface area (Å²) < 4.78 is 0. The van der Waals surface area contributed by atoms with E-state index in [1.54, 1.807) is 0 Å². The maximum atomic E-state index is 11.5. The molecule has 2 rings (SSSR count). The molecule has 0 bridgehead atoms. The van der Waals surface area contributed by atoms with Crippen LogP contribution in [-0.4, -0.2) is 23.9 Å². The van der Waals surface area contributed by atoms with E-state index in [2.05, 4.69) is 20.4 Å². The summed E-state index contributed by atoms with van der Waals surface area (Å²) in [5.74, 6) is 1.87. The van der Waals surface area contributed by atoms with Crippen molar-refractivity contribution in [1.82, 2.24) is 4.90 Å². The fraction of sp³-hybridized carbons (Fsp3) is 0.812. The lowest BCUT2D eigenvalue weighted by molar-refractivity contribution is -0.130. The Morgan fingerprint density at radius 1 is 1.28 bits per heavy atom. The number of carbonyl (C=O) groups excluding carboxylic acids is 1. The van der Waals surface area contributed by atoms with Gasteiger partial charge in [-0.15, -0.1) is 0 Å². The molecule has 1 aliphatic heterocycles. The highest BCUT2D eigenvalue weighted by molar-refractivity contribution is 5.87. The Morgan fingerprint density at radius 2 is 1.78 bits per heavy atom. The highest BCUT2D eigenvalue weighted by Crippen LogP contribution is 2.54. The standard InChI is InChI=1S/C14H23NO.C2H6/c1-4-13(16)15-7-5-14(6-8-15)9-12(10-14)11(2)3;1-2/h4,11-12H,1,5-10H2,2-3H3;1-2H3. The Morgan fingerprint density at radius 3 is 2.17 bits per heavy atom. The van der Waals surface area contributed by atoms with Crippen LogP contribution in [0.5, 0.6) is 0 Å². The van der Waals surface area contributed by atoms with Crippen molar-refractivity contribution in [3.05, 3.63) is 12.7 Å².